The van der Waals surface area contributed by atoms with Crippen LogP contribution in [0.3, 0.4) is 0 Å². The summed E-state index contributed by atoms with van der Waals surface area (Å²) in [5, 5.41) is 0. The van der Waals surface area contributed by atoms with Gasteiger partial charge in [0.25, 0.3) is 0 Å². The van der Waals surface area contributed by atoms with E-state index in [0.29, 0.717) is 5.56 Å². The van der Waals surface area contributed by atoms with Crippen molar-refractivity contribution in [2.75, 3.05) is 0 Å². The van der Waals surface area contributed by atoms with Gasteiger partial charge in [-0.2, -0.15) is 13.2 Å². The van der Waals surface area contributed by atoms with Gasteiger partial charge in [0.2, 0.25) is 0 Å². The molecule has 0 saturated heterocycles. The number of alkyl halides is 3. The lowest BCUT2D eigenvalue weighted by Gasteiger charge is -2.06. The molecule has 1 rings (SSSR count). The smallest absolute Gasteiger partial charge is 0.251 e. The van der Waals surface area contributed by atoms with E-state index in [1.165, 1.54) is 6.20 Å². The van der Waals surface area contributed by atoms with Gasteiger partial charge in [0, 0.05) is 6.20 Å². The van der Waals surface area contributed by atoms with Crippen LogP contribution < -0.4 is 0 Å². The third-order valence-electron chi connectivity index (χ3n) is 1.66. The van der Waals surface area contributed by atoms with E-state index >= 15 is 0 Å². The first kappa shape index (κ1) is 17.3. The summed E-state index contributed by atoms with van der Waals surface area (Å²) < 4.78 is 36.1. The summed E-state index contributed by atoms with van der Waals surface area (Å²) in [6.07, 6.45) is -3.10. The van der Waals surface area contributed by atoms with Crippen molar-refractivity contribution in [3.05, 3.63) is 29.1 Å². The number of hydrogen-bond acceptors (Lipinski definition) is 1. The summed E-state index contributed by atoms with van der Waals surface area (Å²) in [6.45, 7) is 11.4. The molecule has 0 fully saturated rings. The van der Waals surface area contributed by atoms with Gasteiger partial charge in [-0.1, -0.05) is 27.7 Å². The molecule has 0 amide bonds. The Balaban J connectivity index is 0. The highest BCUT2D eigenvalue weighted by molar-refractivity contribution is 5.24. The predicted octanol–water partition coefficient (Wildman–Crippen LogP) is 4.77. The van der Waals surface area contributed by atoms with Crippen LogP contribution >= 0.6 is 0 Å². The third kappa shape index (κ3) is 5.73. The average Bonchev–Trinajstić information content (AvgIpc) is 2.26. The Kier molecular flexibility index (Phi) is 8.81. The van der Waals surface area contributed by atoms with Gasteiger partial charge in [-0.3, -0.25) is 4.98 Å². The van der Waals surface area contributed by atoms with E-state index in [1.807, 2.05) is 27.7 Å². The summed E-state index contributed by atoms with van der Waals surface area (Å²) in [5.74, 6) is 0. The number of aryl methyl sites for hydroxylation is 2. The van der Waals surface area contributed by atoms with Crippen LogP contribution in [0.25, 0.3) is 0 Å². The second-order valence-electron chi connectivity index (χ2n) is 2.65. The quantitative estimate of drug-likeness (QED) is 0.631. The summed E-state index contributed by atoms with van der Waals surface area (Å²) in [5.41, 5.74) is 0.547. The second-order valence-corrected chi connectivity index (χ2v) is 2.65. The van der Waals surface area contributed by atoms with Crippen molar-refractivity contribution in [3.63, 3.8) is 0 Å². The fourth-order valence-corrected chi connectivity index (χ4v) is 0.779. The molecule has 0 unspecified atom stereocenters. The summed E-state index contributed by atoms with van der Waals surface area (Å²) in [4.78, 5) is 3.29. The van der Waals surface area contributed by atoms with Gasteiger partial charge >= 0.3 is 6.18 Å². The monoisotopic (exact) mass is 235 g/mol. The van der Waals surface area contributed by atoms with E-state index in [9.17, 15) is 13.2 Å². The predicted molar refractivity (Wildman–Crippen MR) is 61.4 cm³/mol. The van der Waals surface area contributed by atoms with Crippen molar-refractivity contribution in [1.29, 1.82) is 0 Å². The lowest BCUT2D eigenvalue weighted by atomic mass is 10.1. The molecule has 0 aromatic carbocycles. The fraction of sp³-hybridized carbons (Fsp3) is 0.583. The van der Waals surface area contributed by atoms with Gasteiger partial charge in [0.1, 0.15) is 5.69 Å². The maximum absolute atomic E-state index is 12.0. The SMILES string of the molecule is CC.CC.Cc1cnc(C(F)(F)F)cc1C. The van der Waals surface area contributed by atoms with Gasteiger partial charge in [-0.15, -0.1) is 0 Å². The van der Waals surface area contributed by atoms with Gasteiger partial charge in [0.15, 0.2) is 0 Å². The average molecular weight is 235 g/mol. The first-order valence-electron chi connectivity index (χ1n) is 5.41. The molecular formula is C12H20F3N. The number of hydrogen-bond donors (Lipinski definition) is 0. The van der Waals surface area contributed by atoms with Crippen LogP contribution in [0.4, 0.5) is 13.2 Å². The highest BCUT2D eigenvalue weighted by atomic mass is 19.4. The lowest BCUT2D eigenvalue weighted by Crippen LogP contribution is -2.08. The minimum Gasteiger partial charge on any atom is -0.251 e. The first-order chi connectivity index (χ1) is 7.41. The molecule has 0 saturated carbocycles. The molecule has 1 nitrogen and oxygen atoms in total. The molecule has 1 aromatic rings. The van der Waals surface area contributed by atoms with Crippen molar-refractivity contribution < 1.29 is 13.2 Å². The van der Waals surface area contributed by atoms with Crippen LogP contribution in [-0.2, 0) is 6.18 Å². The van der Waals surface area contributed by atoms with E-state index in [2.05, 4.69) is 4.98 Å². The number of aromatic nitrogens is 1. The van der Waals surface area contributed by atoms with Crippen LogP contribution in [0.1, 0.15) is 44.5 Å². The maximum atomic E-state index is 12.0. The third-order valence-corrected chi connectivity index (χ3v) is 1.66. The molecule has 0 aliphatic carbocycles. The lowest BCUT2D eigenvalue weighted by molar-refractivity contribution is -0.141. The minimum atomic E-state index is -4.33. The van der Waals surface area contributed by atoms with Crippen LogP contribution in [0.5, 0.6) is 0 Å². The van der Waals surface area contributed by atoms with Crippen LogP contribution in [0.15, 0.2) is 12.3 Å². The highest BCUT2D eigenvalue weighted by Crippen LogP contribution is 2.28. The zero-order valence-electron chi connectivity index (χ0n) is 10.7. The molecule has 4 heteroatoms. The molecule has 0 bridgehead atoms. The van der Waals surface area contributed by atoms with Gasteiger partial charge in [-0.05, 0) is 31.0 Å². The number of pyridine rings is 1. The Hall–Kier alpha value is -1.06. The molecular weight excluding hydrogens is 215 g/mol. The van der Waals surface area contributed by atoms with Gasteiger partial charge < -0.3 is 0 Å². The van der Waals surface area contributed by atoms with Crippen molar-refractivity contribution in [1.82, 2.24) is 4.98 Å². The first-order valence-corrected chi connectivity index (χ1v) is 5.41. The molecule has 0 radical (unpaired) electrons. The number of rotatable bonds is 0. The fourth-order valence-electron chi connectivity index (χ4n) is 0.779. The van der Waals surface area contributed by atoms with E-state index in [0.717, 1.165) is 11.6 Å². The van der Waals surface area contributed by atoms with Crippen molar-refractivity contribution in [3.8, 4) is 0 Å². The van der Waals surface area contributed by atoms with E-state index in [1.54, 1.807) is 13.8 Å². The van der Waals surface area contributed by atoms with E-state index < -0.39 is 11.9 Å². The second kappa shape index (κ2) is 8.13. The van der Waals surface area contributed by atoms with Crippen LogP contribution in [0, 0.1) is 13.8 Å². The Bertz CT molecular complexity index is 293. The summed E-state index contributed by atoms with van der Waals surface area (Å²) >= 11 is 0. The molecule has 0 N–H and O–H groups in total. The number of halogens is 3. The molecule has 0 aliphatic heterocycles. The maximum Gasteiger partial charge on any atom is 0.433 e. The topological polar surface area (TPSA) is 12.9 Å². The molecule has 16 heavy (non-hydrogen) atoms. The van der Waals surface area contributed by atoms with Crippen LogP contribution in [-0.4, -0.2) is 4.98 Å². The van der Waals surface area contributed by atoms with Crippen molar-refractivity contribution >= 4 is 0 Å². The van der Waals surface area contributed by atoms with Crippen molar-refractivity contribution in [2.24, 2.45) is 0 Å². The zero-order valence-corrected chi connectivity index (χ0v) is 10.7. The molecule has 1 aromatic heterocycles. The Morgan fingerprint density at radius 2 is 1.38 bits per heavy atom. The summed E-state index contributed by atoms with van der Waals surface area (Å²) in [7, 11) is 0. The molecule has 0 atom stereocenters. The van der Waals surface area contributed by atoms with E-state index in [-0.39, 0.29) is 0 Å². The minimum absolute atomic E-state index is 0.609. The van der Waals surface area contributed by atoms with Gasteiger partial charge in [-0.25, -0.2) is 0 Å². The Morgan fingerprint density at radius 1 is 0.938 bits per heavy atom. The Morgan fingerprint density at radius 3 is 1.69 bits per heavy atom. The zero-order chi connectivity index (χ0) is 13.4. The number of nitrogens with zero attached hydrogens (tertiary/aromatic N) is 1. The highest BCUT2D eigenvalue weighted by Gasteiger charge is 2.32. The molecule has 0 aliphatic rings. The largest absolute Gasteiger partial charge is 0.433 e. The Labute approximate surface area is 95.7 Å². The molecule has 94 valence electrons. The van der Waals surface area contributed by atoms with Crippen molar-refractivity contribution in [2.45, 2.75) is 47.7 Å². The van der Waals surface area contributed by atoms with Crippen LogP contribution in [0.2, 0.25) is 0 Å². The standard InChI is InChI=1S/C8H8F3N.2C2H6/c1-5-3-7(8(9,10)11)12-4-6(5)2;2*1-2/h3-4H,1-2H3;2*1-2H3. The van der Waals surface area contributed by atoms with Gasteiger partial charge in [0.05, 0.1) is 0 Å². The molecule has 1 heterocycles. The normalized spacial score (nSPS) is 9.56. The van der Waals surface area contributed by atoms with E-state index in [4.69, 9.17) is 0 Å². The molecule has 0 spiro atoms. The summed E-state index contributed by atoms with van der Waals surface area (Å²) in [6, 6.07) is 1.05.